The third-order valence-electron chi connectivity index (χ3n) is 4.91. The second kappa shape index (κ2) is 9.16. The van der Waals surface area contributed by atoms with Crippen LogP contribution in [0.1, 0.15) is 31.6 Å². The molecule has 0 unspecified atom stereocenters. The lowest BCUT2D eigenvalue weighted by Crippen LogP contribution is -2.48. The molecule has 152 valence electrons. The Morgan fingerprint density at radius 2 is 1.93 bits per heavy atom. The molecule has 9 heteroatoms. The fraction of sp³-hybridized carbons (Fsp3) is 0.667. The van der Waals surface area contributed by atoms with Gasteiger partial charge in [-0.15, -0.1) is 11.3 Å². The van der Waals surface area contributed by atoms with Gasteiger partial charge in [-0.1, -0.05) is 0 Å². The maximum Gasteiger partial charge on any atom is 0.252 e. The van der Waals surface area contributed by atoms with Gasteiger partial charge in [-0.3, -0.25) is 9.59 Å². The Bertz CT molecular complexity index is 771. The lowest BCUT2D eigenvalue weighted by atomic mass is 9.98. The van der Waals surface area contributed by atoms with Gasteiger partial charge in [0.2, 0.25) is 11.8 Å². The monoisotopic (exact) mass is 415 g/mol. The van der Waals surface area contributed by atoms with E-state index in [0.717, 1.165) is 4.88 Å². The van der Waals surface area contributed by atoms with Gasteiger partial charge in [-0.05, 0) is 45.7 Å². The molecule has 1 saturated heterocycles. The molecule has 2 rings (SSSR count). The Labute approximate surface area is 166 Å². The summed E-state index contributed by atoms with van der Waals surface area (Å²) in [7, 11) is -1.96. The Balaban J connectivity index is 2.04. The number of amides is 2. The number of rotatable bonds is 7. The van der Waals surface area contributed by atoms with Gasteiger partial charge in [0.25, 0.3) is 10.0 Å². The zero-order valence-corrected chi connectivity index (χ0v) is 18.1. The number of hydrogen-bond acceptors (Lipinski definition) is 5. The van der Waals surface area contributed by atoms with Crippen molar-refractivity contribution < 1.29 is 18.0 Å². The van der Waals surface area contributed by atoms with Crippen LogP contribution in [0.4, 0.5) is 0 Å². The minimum atomic E-state index is -3.57. The van der Waals surface area contributed by atoms with E-state index in [4.69, 9.17) is 0 Å². The van der Waals surface area contributed by atoms with Crippen LogP contribution in [0.25, 0.3) is 0 Å². The number of hydrogen-bond donors (Lipinski definition) is 0. The molecule has 1 aliphatic rings. The number of piperidine rings is 1. The third-order valence-corrected chi connectivity index (χ3v) is 8.24. The first-order chi connectivity index (χ1) is 12.7. The number of carbonyl (C=O) groups is 2. The number of likely N-dealkylation sites (N-methyl/N-ethyl adjacent to an activating group) is 2. The molecule has 2 amide bonds. The van der Waals surface area contributed by atoms with Gasteiger partial charge in [-0.25, -0.2) is 8.42 Å². The van der Waals surface area contributed by atoms with Crippen LogP contribution in [0.2, 0.25) is 0 Å². The van der Waals surface area contributed by atoms with E-state index in [-0.39, 0.29) is 24.9 Å². The number of nitrogens with zero attached hydrogens (tertiary/aromatic N) is 3. The molecule has 0 spiro atoms. The van der Waals surface area contributed by atoms with Crippen molar-refractivity contribution in [3.63, 3.8) is 0 Å². The van der Waals surface area contributed by atoms with Gasteiger partial charge in [0, 0.05) is 38.1 Å². The van der Waals surface area contributed by atoms with E-state index in [2.05, 4.69) is 0 Å². The maximum atomic E-state index is 12.8. The average molecular weight is 416 g/mol. The Hall–Kier alpha value is -1.45. The minimum absolute atomic E-state index is 0.0217. The number of thiophene rings is 1. The largest absolute Gasteiger partial charge is 0.342 e. The molecule has 0 aliphatic carbocycles. The van der Waals surface area contributed by atoms with Crippen molar-refractivity contribution in [3.05, 3.63) is 17.0 Å². The second-order valence-electron chi connectivity index (χ2n) is 6.83. The molecular formula is C18H29N3O4S2. The Kier molecular flexibility index (Phi) is 7.41. The fourth-order valence-electron chi connectivity index (χ4n) is 3.31. The normalized spacial score (nSPS) is 18.3. The van der Waals surface area contributed by atoms with Gasteiger partial charge in [0.1, 0.15) is 4.21 Å². The lowest BCUT2D eigenvalue weighted by Gasteiger charge is -2.33. The summed E-state index contributed by atoms with van der Waals surface area (Å²) in [6, 6.07) is 3.41. The summed E-state index contributed by atoms with van der Waals surface area (Å²) in [5, 5.41) is 0. The zero-order chi connectivity index (χ0) is 20.2. The van der Waals surface area contributed by atoms with E-state index in [1.54, 1.807) is 24.1 Å². The smallest absolute Gasteiger partial charge is 0.252 e. The van der Waals surface area contributed by atoms with Crippen LogP contribution in [-0.2, 0) is 19.6 Å². The first-order valence-electron chi connectivity index (χ1n) is 9.30. The van der Waals surface area contributed by atoms with Crippen LogP contribution in [0, 0.1) is 12.8 Å². The van der Waals surface area contributed by atoms with Gasteiger partial charge in [0.05, 0.1) is 12.5 Å². The van der Waals surface area contributed by atoms with Crippen LogP contribution in [-0.4, -0.2) is 74.1 Å². The zero-order valence-electron chi connectivity index (χ0n) is 16.5. The molecule has 1 aliphatic heterocycles. The van der Waals surface area contributed by atoms with Crippen LogP contribution in [0.3, 0.4) is 0 Å². The molecule has 1 fully saturated rings. The van der Waals surface area contributed by atoms with Gasteiger partial charge >= 0.3 is 0 Å². The summed E-state index contributed by atoms with van der Waals surface area (Å²) < 4.78 is 27.4. The van der Waals surface area contributed by atoms with E-state index in [9.17, 15) is 18.0 Å². The van der Waals surface area contributed by atoms with Crippen molar-refractivity contribution in [1.29, 1.82) is 0 Å². The maximum absolute atomic E-state index is 12.8. The average Bonchev–Trinajstić information content (AvgIpc) is 3.09. The third kappa shape index (κ3) is 5.08. The first-order valence-corrected chi connectivity index (χ1v) is 11.6. The standard InChI is InChI=1S/C18H29N3O4S2/c1-5-20(6-2)16(22)13-19(4)18(23)15-8-7-11-21(12-15)27(24,25)17-10-9-14(3)26-17/h9-10,15H,5-8,11-13H2,1-4H3/t15-/m1/s1. The predicted octanol–water partition coefficient (Wildman–Crippen LogP) is 1.78. The summed E-state index contributed by atoms with van der Waals surface area (Å²) in [5.41, 5.74) is 0. The molecule has 0 saturated carbocycles. The quantitative estimate of drug-likeness (QED) is 0.680. The van der Waals surface area contributed by atoms with Crippen molar-refractivity contribution in [3.8, 4) is 0 Å². The van der Waals surface area contributed by atoms with Crippen molar-refractivity contribution >= 4 is 33.2 Å². The molecular weight excluding hydrogens is 386 g/mol. The topological polar surface area (TPSA) is 78.0 Å². The highest BCUT2D eigenvalue weighted by molar-refractivity contribution is 7.91. The van der Waals surface area contributed by atoms with E-state index in [1.807, 2.05) is 20.8 Å². The van der Waals surface area contributed by atoms with Crippen LogP contribution < -0.4 is 0 Å². The van der Waals surface area contributed by atoms with E-state index < -0.39 is 15.9 Å². The Morgan fingerprint density at radius 1 is 1.26 bits per heavy atom. The van der Waals surface area contributed by atoms with Gasteiger partial charge in [-0.2, -0.15) is 4.31 Å². The van der Waals surface area contributed by atoms with Crippen LogP contribution >= 0.6 is 11.3 Å². The predicted molar refractivity (Wildman–Crippen MR) is 106 cm³/mol. The van der Waals surface area contributed by atoms with E-state index >= 15 is 0 Å². The molecule has 1 aromatic rings. The molecule has 7 nitrogen and oxygen atoms in total. The number of aryl methyl sites for hydroxylation is 1. The van der Waals surface area contributed by atoms with Crippen LogP contribution in [0.5, 0.6) is 0 Å². The SMILES string of the molecule is CCN(CC)C(=O)CN(C)C(=O)[C@@H]1CCCN(S(=O)(=O)c2ccc(C)s2)C1. The van der Waals surface area contributed by atoms with Gasteiger partial charge in [0.15, 0.2) is 0 Å². The van der Waals surface area contributed by atoms with Crippen molar-refractivity contribution in [1.82, 2.24) is 14.1 Å². The molecule has 0 N–H and O–H groups in total. The second-order valence-corrected chi connectivity index (χ2v) is 10.3. The lowest BCUT2D eigenvalue weighted by molar-refractivity contribution is -0.142. The van der Waals surface area contributed by atoms with Crippen molar-refractivity contribution in [2.24, 2.45) is 5.92 Å². The highest BCUT2D eigenvalue weighted by Crippen LogP contribution is 2.28. The summed E-state index contributed by atoms with van der Waals surface area (Å²) >= 11 is 1.25. The number of sulfonamides is 1. The molecule has 0 radical (unpaired) electrons. The highest BCUT2D eigenvalue weighted by Gasteiger charge is 2.35. The molecule has 0 bridgehead atoms. The molecule has 1 aromatic heterocycles. The molecule has 0 aromatic carbocycles. The van der Waals surface area contributed by atoms with Crippen molar-refractivity contribution in [2.75, 3.05) is 39.8 Å². The fourth-order valence-corrected chi connectivity index (χ4v) is 6.27. The summed E-state index contributed by atoms with van der Waals surface area (Å²) in [4.78, 5) is 29.1. The molecule has 1 atom stereocenters. The summed E-state index contributed by atoms with van der Waals surface area (Å²) in [6.07, 6.45) is 1.27. The molecule has 2 heterocycles. The van der Waals surface area contributed by atoms with Crippen molar-refractivity contribution in [2.45, 2.75) is 37.8 Å². The van der Waals surface area contributed by atoms with E-state index in [0.29, 0.717) is 36.7 Å². The summed E-state index contributed by atoms with van der Waals surface area (Å²) in [5.74, 6) is -0.674. The van der Waals surface area contributed by atoms with E-state index in [1.165, 1.54) is 20.5 Å². The first kappa shape index (κ1) is 21.8. The minimum Gasteiger partial charge on any atom is -0.342 e. The summed E-state index contributed by atoms with van der Waals surface area (Å²) in [6.45, 7) is 7.49. The number of carbonyl (C=O) groups excluding carboxylic acids is 2. The van der Waals surface area contributed by atoms with Crippen LogP contribution in [0.15, 0.2) is 16.3 Å². The molecule has 27 heavy (non-hydrogen) atoms. The highest BCUT2D eigenvalue weighted by atomic mass is 32.2. The van der Waals surface area contributed by atoms with Gasteiger partial charge < -0.3 is 9.80 Å². The Morgan fingerprint density at radius 3 is 2.48 bits per heavy atom.